The van der Waals surface area contributed by atoms with E-state index in [1.54, 1.807) is 88.2 Å². The van der Waals surface area contributed by atoms with E-state index in [1.165, 1.54) is 45.3 Å². The molecule has 1 saturated carbocycles. The Balaban J connectivity index is 0.000000138. The van der Waals surface area contributed by atoms with Gasteiger partial charge in [-0.25, -0.2) is 79.0 Å². The third-order valence-corrected chi connectivity index (χ3v) is 23.9. The van der Waals surface area contributed by atoms with Gasteiger partial charge < -0.3 is 41.7 Å². The number of aliphatic hydroxyl groups excluding tert-OH is 3. The molecule has 3 atom stereocenters. The van der Waals surface area contributed by atoms with Gasteiger partial charge in [-0.3, -0.25) is 41.2 Å². The molecule has 128 heavy (non-hydrogen) atoms. The fraction of sp³-hybridized carbons (Fsp3) is 0.261. The van der Waals surface area contributed by atoms with Gasteiger partial charge in [0.05, 0.1) is 63.6 Å². The SMILES string of the molecule is CCCNC(=O)Nc1nc2cc(-c3cnc(C(C)(C)O)nc3)cc(-c3ccccn3)c2s1.CCNC(=O)Nc1nc2cc(-c3cnc(C(O)C(C)(C)C)nc3)cc(-c3ccccn3)c2s1.CCNC(=O)Nc1nc2cc(-c3cnc(C(O)C4CC4)nc3)cc(-c3ccccn3)c2s1.CCNC(=O)Nc1nc2cc(-c3cnc(C(O)CC)nc3)cc(-c3ccccn3)c2s1. The van der Waals surface area contributed by atoms with Crippen molar-refractivity contribution in [3.05, 3.63) is 219 Å². The van der Waals surface area contributed by atoms with E-state index in [0.29, 0.717) is 76.4 Å². The van der Waals surface area contributed by atoms with Gasteiger partial charge in [-0.05, 0) is 191 Å². The molecule has 4 aromatic carbocycles. The zero-order valence-corrected chi connectivity index (χ0v) is 74.9. The number of rotatable bonds is 23. The molecular weight excluding hydrogens is 1700 g/mol. The number of thiazole rings is 4. The molecule has 8 amide bonds. The zero-order valence-electron chi connectivity index (χ0n) is 71.7. The van der Waals surface area contributed by atoms with E-state index >= 15 is 0 Å². The van der Waals surface area contributed by atoms with Gasteiger partial charge in [0.15, 0.2) is 43.8 Å². The van der Waals surface area contributed by atoms with E-state index in [-0.39, 0.29) is 35.5 Å². The number of carbonyl (C=O) groups excluding carboxylic acids is 4. The van der Waals surface area contributed by atoms with Crippen LogP contribution in [0.4, 0.5) is 39.7 Å². The van der Waals surface area contributed by atoms with Crippen molar-refractivity contribution in [1.29, 1.82) is 0 Å². The number of nitrogens with zero attached hydrogens (tertiary/aromatic N) is 16. The molecule has 654 valence electrons. The molecular formula is C92H94N24O8S4. The lowest BCUT2D eigenvalue weighted by atomic mass is 9.88. The van der Waals surface area contributed by atoms with Crippen molar-refractivity contribution >= 4 is 131 Å². The number of fused-ring (bicyclic) bond motifs is 4. The summed E-state index contributed by atoms with van der Waals surface area (Å²) in [4.78, 5) is 119. The van der Waals surface area contributed by atoms with Crippen LogP contribution in [0, 0.1) is 11.3 Å². The second kappa shape index (κ2) is 41.2. The highest BCUT2D eigenvalue weighted by molar-refractivity contribution is 7.24. The minimum Gasteiger partial charge on any atom is -0.385 e. The van der Waals surface area contributed by atoms with Crippen LogP contribution in [-0.4, -0.2) is 150 Å². The average molecular weight is 1790 g/mol. The Kier molecular flexibility index (Phi) is 29.1. The first-order chi connectivity index (χ1) is 61.8. The Morgan fingerprint density at radius 3 is 0.945 bits per heavy atom. The number of hydrogen-bond donors (Lipinski definition) is 12. The quantitative estimate of drug-likeness (QED) is 0.0283. The molecule has 0 radical (unpaired) electrons. The molecule has 0 spiro atoms. The van der Waals surface area contributed by atoms with E-state index in [9.17, 15) is 39.6 Å². The molecule has 1 aliphatic rings. The Labute approximate surface area is 752 Å². The lowest BCUT2D eigenvalue weighted by Crippen LogP contribution is -2.29. The fourth-order valence-corrected chi connectivity index (χ4v) is 16.9. The second-order valence-electron chi connectivity index (χ2n) is 31.1. The number of nitrogens with one attached hydrogen (secondary N) is 8. The van der Waals surface area contributed by atoms with E-state index in [4.69, 9.17) is 0 Å². The summed E-state index contributed by atoms with van der Waals surface area (Å²) in [6.07, 6.45) is 22.0. The number of hydrogen-bond acceptors (Lipinski definition) is 28. The number of aromatic nitrogens is 16. The van der Waals surface area contributed by atoms with Crippen LogP contribution in [0.5, 0.6) is 0 Å². The molecule has 17 rings (SSSR count). The maximum absolute atomic E-state index is 12.1. The number of aliphatic hydroxyl groups is 4. The number of carbonyl (C=O) groups is 4. The van der Waals surface area contributed by atoms with Crippen LogP contribution < -0.4 is 42.5 Å². The number of amides is 8. The molecule has 1 aliphatic carbocycles. The van der Waals surface area contributed by atoms with Gasteiger partial charge in [0.25, 0.3) is 0 Å². The van der Waals surface area contributed by atoms with Crippen molar-refractivity contribution in [2.75, 3.05) is 47.4 Å². The van der Waals surface area contributed by atoms with Crippen molar-refractivity contribution in [2.45, 2.75) is 119 Å². The topological polar surface area (TPSA) is 452 Å². The first kappa shape index (κ1) is 90.5. The summed E-state index contributed by atoms with van der Waals surface area (Å²) in [5.41, 5.74) is 15.1. The molecule has 0 bridgehead atoms. The molecule has 3 unspecified atom stereocenters. The minimum atomic E-state index is -1.12. The van der Waals surface area contributed by atoms with Gasteiger partial charge in [-0.2, -0.15) is 0 Å². The van der Waals surface area contributed by atoms with Crippen LogP contribution in [0.1, 0.15) is 137 Å². The van der Waals surface area contributed by atoms with Crippen LogP contribution in [0.3, 0.4) is 0 Å². The van der Waals surface area contributed by atoms with Crippen LogP contribution >= 0.6 is 45.3 Å². The summed E-state index contributed by atoms with van der Waals surface area (Å²) < 4.78 is 3.70. The lowest BCUT2D eigenvalue weighted by Gasteiger charge is -2.24. The van der Waals surface area contributed by atoms with E-state index in [0.717, 1.165) is 150 Å². The summed E-state index contributed by atoms with van der Waals surface area (Å²) in [5, 5.41) is 65.0. The minimum absolute atomic E-state index is 0.277. The van der Waals surface area contributed by atoms with E-state index in [1.807, 2.05) is 177 Å². The third kappa shape index (κ3) is 22.6. The maximum Gasteiger partial charge on any atom is 0.321 e. The van der Waals surface area contributed by atoms with Crippen LogP contribution in [-0.2, 0) is 5.60 Å². The highest BCUT2D eigenvalue weighted by Crippen LogP contribution is 2.45. The maximum atomic E-state index is 12.1. The number of urea groups is 4. The molecule has 16 aromatic rings. The first-order valence-electron chi connectivity index (χ1n) is 41.5. The molecule has 12 aromatic heterocycles. The molecule has 12 N–H and O–H groups in total. The van der Waals surface area contributed by atoms with Gasteiger partial charge in [0.2, 0.25) is 0 Å². The van der Waals surface area contributed by atoms with Gasteiger partial charge in [-0.1, -0.05) is 104 Å². The third-order valence-electron chi connectivity index (χ3n) is 19.8. The van der Waals surface area contributed by atoms with Crippen molar-refractivity contribution in [3.63, 3.8) is 0 Å². The van der Waals surface area contributed by atoms with E-state index < -0.39 is 23.9 Å². The standard InChI is InChI=1S/C24H26N6O2S.C23H22N6O2S.C23H24N6O2S.C22H22N6O2S/c1-5-25-22(32)30-23-29-18-11-14(10-16(19(18)33-23)17-8-6-7-9-26-17)15-12-27-21(28-13-15)20(31)24(2,3)4;1-2-24-22(31)29-23-28-18-10-14(9-16(20(18)32-23)17-5-3-4-8-25-17)15-11-26-21(27-12-15)19(30)13-6-7-13;1-4-8-25-21(30)29-22-28-18-11-14(15-12-26-20(27-13-15)23(2,3)31)10-16(19(18)32-22)17-7-5-6-9-24-17;1-3-18(29)20-25-11-14(12-26-20)13-9-15(16-7-5-6-8-24-16)19-17(10-13)27-22(31-19)28-21(30)23-4-2/h6-13,20,31H,5H2,1-4H3,(H2,25,29,30,32);3-5,8-13,19,30H,2,6-7H2,1H3,(H2,24,28,29,31);5-7,9-13,31H,4,8H2,1-3H3,(H2,25,28,29,30);5-12,18,29H,3-4H2,1-2H3,(H2,23,27,28,30). The Hall–Kier alpha value is -13.7. The summed E-state index contributed by atoms with van der Waals surface area (Å²) in [7, 11) is 0. The molecule has 1 fully saturated rings. The van der Waals surface area contributed by atoms with Crippen molar-refractivity contribution in [3.8, 4) is 89.5 Å². The number of benzene rings is 4. The second-order valence-corrected chi connectivity index (χ2v) is 35.1. The number of anilines is 4. The van der Waals surface area contributed by atoms with E-state index in [2.05, 4.69) is 122 Å². The summed E-state index contributed by atoms with van der Waals surface area (Å²) >= 11 is 5.61. The summed E-state index contributed by atoms with van der Waals surface area (Å²) in [6, 6.07) is 37.7. The highest BCUT2D eigenvalue weighted by atomic mass is 32.1. The van der Waals surface area contributed by atoms with Gasteiger partial charge in [0, 0.05) is 145 Å². The molecule has 36 heteroatoms. The van der Waals surface area contributed by atoms with Crippen molar-refractivity contribution in [2.24, 2.45) is 11.3 Å². The average Bonchev–Trinajstić information content (AvgIpc) is 1.63. The normalized spacial score (nSPS) is 12.6. The smallest absolute Gasteiger partial charge is 0.321 e. The van der Waals surface area contributed by atoms with Crippen LogP contribution in [0.2, 0.25) is 0 Å². The Bertz CT molecular complexity index is 6520. The highest BCUT2D eigenvalue weighted by Gasteiger charge is 2.33. The van der Waals surface area contributed by atoms with Crippen LogP contribution in [0.25, 0.3) is 130 Å². The van der Waals surface area contributed by atoms with Crippen LogP contribution in [0.15, 0.2) is 196 Å². The molecule has 0 aliphatic heterocycles. The van der Waals surface area contributed by atoms with Gasteiger partial charge in [0.1, 0.15) is 23.9 Å². The molecule has 32 nitrogen and oxygen atoms in total. The summed E-state index contributed by atoms with van der Waals surface area (Å²) in [5.74, 6) is 1.88. The largest absolute Gasteiger partial charge is 0.385 e. The lowest BCUT2D eigenvalue weighted by molar-refractivity contribution is 0.0548. The Morgan fingerprint density at radius 2 is 0.680 bits per heavy atom. The number of pyridine rings is 4. The predicted octanol–water partition coefficient (Wildman–Crippen LogP) is 18.4. The van der Waals surface area contributed by atoms with Gasteiger partial charge >= 0.3 is 24.1 Å². The first-order valence-corrected chi connectivity index (χ1v) is 44.8. The molecule has 0 saturated heterocycles. The van der Waals surface area contributed by atoms with Crippen molar-refractivity contribution in [1.82, 2.24) is 101 Å². The fourth-order valence-electron chi connectivity index (χ4n) is 13.1. The Morgan fingerprint density at radius 1 is 0.383 bits per heavy atom. The van der Waals surface area contributed by atoms with Gasteiger partial charge in [-0.15, -0.1) is 0 Å². The zero-order chi connectivity index (χ0) is 90.2. The predicted molar refractivity (Wildman–Crippen MR) is 504 cm³/mol. The summed E-state index contributed by atoms with van der Waals surface area (Å²) in [6.45, 7) is 20.8. The monoisotopic (exact) mass is 1790 g/mol. The van der Waals surface area contributed by atoms with Crippen molar-refractivity contribution < 1.29 is 39.6 Å². The molecule has 12 heterocycles.